The van der Waals surface area contributed by atoms with Crippen molar-refractivity contribution >= 4 is 6.03 Å². The molecule has 0 spiro atoms. The fraction of sp³-hybridized carbons (Fsp3) is 0.500. The molecule has 0 bridgehead atoms. The van der Waals surface area contributed by atoms with E-state index in [1.165, 1.54) is 5.56 Å². The van der Waals surface area contributed by atoms with Crippen molar-refractivity contribution in [3.63, 3.8) is 0 Å². The Morgan fingerprint density at radius 3 is 2.92 bits per heavy atom. The summed E-state index contributed by atoms with van der Waals surface area (Å²) in [5, 5.41) is 7.60. The fourth-order valence-electron chi connectivity index (χ4n) is 3.99. The number of amides is 2. The van der Waals surface area contributed by atoms with Gasteiger partial charge in [0, 0.05) is 26.2 Å². The van der Waals surface area contributed by atoms with Gasteiger partial charge in [-0.25, -0.2) is 4.79 Å². The predicted molar refractivity (Wildman–Crippen MR) is 101 cm³/mol. The number of hydrogen-bond donors (Lipinski definition) is 1. The number of benzene rings is 1. The topological polar surface area (TPSA) is 53.4 Å². The zero-order valence-electron chi connectivity index (χ0n) is 15.4. The van der Waals surface area contributed by atoms with Crippen LogP contribution in [0.25, 0.3) is 0 Å². The molecule has 138 valence electrons. The van der Waals surface area contributed by atoms with Gasteiger partial charge in [0.25, 0.3) is 0 Å². The van der Waals surface area contributed by atoms with Crippen molar-refractivity contribution in [1.29, 1.82) is 0 Å². The summed E-state index contributed by atoms with van der Waals surface area (Å²) in [5.74, 6) is 0.542. The quantitative estimate of drug-likeness (QED) is 0.917. The first kappa shape index (κ1) is 17.1. The van der Waals surface area contributed by atoms with Gasteiger partial charge in [0.1, 0.15) is 0 Å². The van der Waals surface area contributed by atoms with Crippen molar-refractivity contribution in [3.05, 3.63) is 53.3 Å². The van der Waals surface area contributed by atoms with Gasteiger partial charge in [-0.15, -0.1) is 0 Å². The average Bonchev–Trinajstić information content (AvgIpc) is 3.25. The minimum absolute atomic E-state index is 0.0524. The lowest BCUT2D eigenvalue weighted by Crippen LogP contribution is -2.45. The number of aryl methyl sites for hydroxylation is 1. The molecule has 0 saturated carbocycles. The van der Waals surface area contributed by atoms with Gasteiger partial charge in [0.15, 0.2) is 0 Å². The number of carbonyl (C=O) groups excluding carboxylic acids is 1. The van der Waals surface area contributed by atoms with Crippen molar-refractivity contribution in [2.75, 3.05) is 26.2 Å². The predicted octanol–water partition coefficient (Wildman–Crippen LogP) is 2.24. The summed E-state index contributed by atoms with van der Waals surface area (Å²) in [7, 11) is 0. The van der Waals surface area contributed by atoms with Gasteiger partial charge in [-0.2, -0.15) is 5.10 Å². The maximum absolute atomic E-state index is 12.5. The van der Waals surface area contributed by atoms with E-state index in [1.807, 2.05) is 16.5 Å². The number of nitrogens with one attached hydrogen (secondary N) is 1. The Morgan fingerprint density at radius 2 is 2.08 bits per heavy atom. The molecule has 6 heteroatoms. The van der Waals surface area contributed by atoms with E-state index in [0.717, 1.165) is 57.1 Å². The van der Waals surface area contributed by atoms with E-state index in [4.69, 9.17) is 0 Å². The van der Waals surface area contributed by atoms with Gasteiger partial charge in [0.05, 0.1) is 24.5 Å². The third-order valence-electron chi connectivity index (χ3n) is 5.37. The van der Waals surface area contributed by atoms with E-state index < -0.39 is 0 Å². The molecule has 3 heterocycles. The number of rotatable bonds is 4. The van der Waals surface area contributed by atoms with E-state index >= 15 is 0 Å². The summed E-state index contributed by atoms with van der Waals surface area (Å²) in [6, 6.07) is 12.7. The summed E-state index contributed by atoms with van der Waals surface area (Å²) in [6.45, 7) is 8.09. The third-order valence-corrected chi connectivity index (χ3v) is 5.37. The van der Waals surface area contributed by atoms with E-state index in [9.17, 15) is 4.79 Å². The molecule has 2 amide bonds. The molecule has 2 aliphatic rings. The summed E-state index contributed by atoms with van der Waals surface area (Å²) >= 11 is 0. The van der Waals surface area contributed by atoms with E-state index in [1.54, 1.807) is 0 Å². The normalized spacial score (nSPS) is 20.2. The number of fused-ring (bicyclic) bond motifs is 1. The molecule has 1 aromatic heterocycles. The van der Waals surface area contributed by atoms with Crippen LogP contribution in [0.2, 0.25) is 0 Å². The van der Waals surface area contributed by atoms with Crippen LogP contribution in [0.15, 0.2) is 36.4 Å². The van der Waals surface area contributed by atoms with Crippen molar-refractivity contribution < 1.29 is 4.79 Å². The Kier molecular flexibility index (Phi) is 4.93. The summed E-state index contributed by atoms with van der Waals surface area (Å²) in [4.78, 5) is 16.9. The van der Waals surface area contributed by atoms with Crippen LogP contribution < -0.4 is 5.32 Å². The molecule has 4 rings (SSSR count). The van der Waals surface area contributed by atoms with Crippen LogP contribution in [0, 0.1) is 12.8 Å². The largest absolute Gasteiger partial charge is 0.338 e. The number of hydrogen-bond acceptors (Lipinski definition) is 3. The number of carbonyl (C=O) groups is 1. The van der Waals surface area contributed by atoms with Gasteiger partial charge in [0.2, 0.25) is 0 Å². The lowest BCUT2D eigenvalue weighted by atomic mass is 10.1. The Morgan fingerprint density at radius 1 is 1.23 bits per heavy atom. The lowest BCUT2D eigenvalue weighted by molar-refractivity contribution is 0.179. The van der Waals surface area contributed by atoms with Gasteiger partial charge in [-0.3, -0.25) is 9.58 Å². The third kappa shape index (κ3) is 3.90. The zero-order chi connectivity index (χ0) is 17.9. The maximum Gasteiger partial charge on any atom is 0.317 e. The molecule has 1 atom stereocenters. The molecule has 6 nitrogen and oxygen atoms in total. The number of likely N-dealkylation sites (tertiary alicyclic amines) is 1. The van der Waals surface area contributed by atoms with Crippen molar-refractivity contribution in [2.45, 2.75) is 33.0 Å². The van der Waals surface area contributed by atoms with Gasteiger partial charge in [-0.05, 0) is 37.4 Å². The standard InChI is InChI=1S/C20H27N5O/c1-16-11-19-15-24(9-10-25(19)22-16)20(26)21-12-18-7-8-23(14-18)13-17-5-3-2-4-6-17/h2-6,11,18H,7-10,12-15H2,1H3,(H,21,26)/t18-/m1/s1. The summed E-state index contributed by atoms with van der Waals surface area (Å²) in [5.41, 5.74) is 3.50. The Labute approximate surface area is 154 Å². The first-order valence-electron chi connectivity index (χ1n) is 9.50. The highest BCUT2D eigenvalue weighted by molar-refractivity contribution is 5.74. The monoisotopic (exact) mass is 353 g/mol. The molecule has 0 unspecified atom stereocenters. The second-order valence-corrected chi connectivity index (χ2v) is 7.48. The SMILES string of the molecule is Cc1cc2n(n1)CCN(C(=O)NC[C@H]1CCN(Cc3ccccc3)C1)C2. The van der Waals surface area contributed by atoms with E-state index in [0.29, 0.717) is 12.5 Å². The van der Waals surface area contributed by atoms with Crippen molar-refractivity contribution in [2.24, 2.45) is 5.92 Å². The van der Waals surface area contributed by atoms with Crippen LogP contribution in [-0.4, -0.2) is 51.8 Å². The molecule has 1 N–H and O–H groups in total. The molecular formula is C20H27N5O. The van der Waals surface area contributed by atoms with E-state index in [-0.39, 0.29) is 6.03 Å². The van der Waals surface area contributed by atoms with Gasteiger partial charge < -0.3 is 10.2 Å². The van der Waals surface area contributed by atoms with Crippen LogP contribution in [0.3, 0.4) is 0 Å². The summed E-state index contributed by atoms with van der Waals surface area (Å²) in [6.07, 6.45) is 1.15. The van der Waals surface area contributed by atoms with Gasteiger partial charge in [-0.1, -0.05) is 30.3 Å². The molecule has 2 aliphatic heterocycles. The molecular weight excluding hydrogens is 326 g/mol. The molecule has 1 aromatic carbocycles. The van der Waals surface area contributed by atoms with Crippen LogP contribution in [-0.2, 0) is 19.6 Å². The minimum Gasteiger partial charge on any atom is -0.338 e. The maximum atomic E-state index is 12.5. The molecule has 1 saturated heterocycles. The minimum atomic E-state index is 0.0524. The molecule has 1 fully saturated rings. The smallest absolute Gasteiger partial charge is 0.317 e. The highest BCUT2D eigenvalue weighted by atomic mass is 16.2. The van der Waals surface area contributed by atoms with Crippen molar-refractivity contribution in [1.82, 2.24) is 24.9 Å². The molecule has 0 aliphatic carbocycles. The molecule has 0 radical (unpaired) electrons. The Hall–Kier alpha value is -2.34. The second kappa shape index (κ2) is 7.50. The van der Waals surface area contributed by atoms with Gasteiger partial charge >= 0.3 is 6.03 Å². The number of urea groups is 1. The van der Waals surface area contributed by atoms with Crippen molar-refractivity contribution in [3.8, 4) is 0 Å². The Balaban J connectivity index is 1.23. The average molecular weight is 353 g/mol. The zero-order valence-corrected chi connectivity index (χ0v) is 15.4. The van der Waals surface area contributed by atoms with Crippen LogP contribution in [0.4, 0.5) is 4.79 Å². The number of nitrogens with zero attached hydrogens (tertiary/aromatic N) is 4. The highest BCUT2D eigenvalue weighted by Crippen LogP contribution is 2.18. The van der Waals surface area contributed by atoms with Crippen LogP contribution in [0.5, 0.6) is 0 Å². The first-order valence-corrected chi connectivity index (χ1v) is 9.50. The lowest BCUT2D eigenvalue weighted by Gasteiger charge is -2.28. The van der Waals surface area contributed by atoms with E-state index in [2.05, 4.69) is 51.7 Å². The number of aromatic nitrogens is 2. The Bertz CT molecular complexity index is 757. The van der Waals surface area contributed by atoms with Crippen LogP contribution >= 0.6 is 0 Å². The molecule has 2 aromatic rings. The summed E-state index contributed by atoms with van der Waals surface area (Å²) < 4.78 is 2.01. The highest BCUT2D eigenvalue weighted by Gasteiger charge is 2.25. The van der Waals surface area contributed by atoms with Crippen LogP contribution in [0.1, 0.15) is 23.4 Å². The second-order valence-electron chi connectivity index (χ2n) is 7.48. The molecule has 26 heavy (non-hydrogen) atoms. The fourth-order valence-corrected chi connectivity index (χ4v) is 3.99. The first-order chi connectivity index (χ1) is 12.7.